The van der Waals surface area contributed by atoms with Crippen molar-refractivity contribution in [2.75, 3.05) is 7.11 Å². The van der Waals surface area contributed by atoms with Gasteiger partial charge < -0.3 is 9.72 Å². The molecule has 0 spiro atoms. The van der Waals surface area contributed by atoms with Gasteiger partial charge in [0.2, 0.25) is 0 Å². The molecule has 6 heteroatoms. The minimum Gasteiger partial charge on any atom is -0.465 e. The van der Waals surface area contributed by atoms with Crippen LogP contribution in [0.25, 0.3) is 0 Å². The molecular formula is C15H13Cl2NO3. The first kappa shape index (κ1) is 15.6. The fourth-order valence-electron chi connectivity index (χ4n) is 2.23. The number of ether oxygens (including phenoxy) is 1. The van der Waals surface area contributed by atoms with Crippen molar-refractivity contribution in [1.29, 1.82) is 0 Å². The maximum Gasteiger partial charge on any atom is 0.340 e. The number of H-pyrrole nitrogens is 1. The Kier molecular flexibility index (Phi) is 4.40. The van der Waals surface area contributed by atoms with Crippen LogP contribution in [0.15, 0.2) is 18.2 Å². The molecule has 110 valence electrons. The molecule has 0 aliphatic heterocycles. The number of aromatic amines is 1. The van der Waals surface area contributed by atoms with Crippen molar-refractivity contribution in [3.8, 4) is 0 Å². The molecular weight excluding hydrogens is 313 g/mol. The lowest BCUT2D eigenvalue weighted by atomic mass is 9.99. The molecule has 1 aromatic carbocycles. The average molecular weight is 326 g/mol. The van der Waals surface area contributed by atoms with Gasteiger partial charge in [0.15, 0.2) is 5.78 Å². The van der Waals surface area contributed by atoms with E-state index in [1.807, 2.05) is 0 Å². The molecule has 0 atom stereocenters. The van der Waals surface area contributed by atoms with Gasteiger partial charge in [-0.25, -0.2) is 4.79 Å². The van der Waals surface area contributed by atoms with Crippen molar-refractivity contribution in [3.05, 3.63) is 56.3 Å². The van der Waals surface area contributed by atoms with Crippen molar-refractivity contribution in [2.45, 2.75) is 13.8 Å². The number of carbonyl (C=O) groups is 2. The van der Waals surface area contributed by atoms with Gasteiger partial charge in [0.25, 0.3) is 0 Å². The fourth-order valence-corrected chi connectivity index (χ4v) is 2.60. The summed E-state index contributed by atoms with van der Waals surface area (Å²) in [6.45, 7) is 3.42. The number of hydrogen-bond acceptors (Lipinski definition) is 3. The van der Waals surface area contributed by atoms with Gasteiger partial charge in [-0.15, -0.1) is 0 Å². The minimum atomic E-state index is -0.571. The first-order valence-electron chi connectivity index (χ1n) is 6.14. The zero-order valence-corrected chi connectivity index (χ0v) is 13.2. The first-order valence-corrected chi connectivity index (χ1v) is 6.89. The first-order chi connectivity index (χ1) is 9.86. The second-order valence-electron chi connectivity index (χ2n) is 4.57. The second-order valence-corrected chi connectivity index (χ2v) is 5.41. The minimum absolute atomic E-state index is 0.219. The highest BCUT2D eigenvalue weighted by atomic mass is 35.5. The van der Waals surface area contributed by atoms with Crippen LogP contribution < -0.4 is 0 Å². The van der Waals surface area contributed by atoms with Crippen LogP contribution in [0.2, 0.25) is 10.0 Å². The third-order valence-electron chi connectivity index (χ3n) is 3.16. The molecule has 0 aliphatic carbocycles. The van der Waals surface area contributed by atoms with E-state index >= 15 is 0 Å². The van der Waals surface area contributed by atoms with Crippen LogP contribution in [0, 0.1) is 13.8 Å². The van der Waals surface area contributed by atoms with Gasteiger partial charge >= 0.3 is 5.97 Å². The van der Waals surface area contributed by atoms with E-state index in [1.54, 1.807) is 26.0 Å². The van der Waals surface area contributed by atoms with Gasteiger partial charge in [0, 0.05) is 22.0 Å². The molecule has 21 heavy (non-hydrogen) atoms. The molecule has 0 saturated heterocycles. The van der Waals surface area contributed by atoms with E-state index in [4.69, 9.17) is 27.9 Å². The highest BCUT2D eigenvalue weighted by Crippen LogP contribution is 2.27. The van der Waals surface area contributed by atoms with Gasteiger partial charge in [-0.05, 0) is 32.0 Å². The number of aryl methyl sites for hydroxylation is 2. The number of carbonyl (C=O) groups excluding carboxylic acids is 2. The lowest BCUT2D eigenvalue weighted by Crippen LogP contribution is -2.11. The standard InChI is InChI=1S/C15H13Cl2NO3/c1-7-12(13(8(2)18-7)15(20)21-3)14(19)10-6-9(16)4-5-11(10)17/h4-6,18H,1-3H3. The predicted molar refractivity (Wildman–Crippen MR) is 81.5 cm³/mol. The van der Waals surface area contributed by atoms with Gasteiger partial charge in [-0.2, -0.15) is 0 Å². The Labute approximate surface area is 132 Å². The molecule has 0 aliphatic rings. The number of ketones is 1. The maximum atomic E-state index is 12.7. The second kappa shape index (κ2) is 5.92. The quantitative estimate of drug-likeness (QED) is 0.686. The Hall–Kier alpha value is -1.78. The van der Waals surface area contributed by atoms with Crippen molar-refractivity contribution in [3.63, 3.8) is 0 Å². The maximum absolute atomic E-state index is 12.7. The van der Waals surface area contributed by atoms with Crippen LogP contribution >= 0.6 is 23.2 Å². The Bertz CT molecular complexity index is 735. The summed E-state index contributed by atoms with van der Waals surface area (Å²) in [6, 6.07) is 4.62. The molecule has 0 amide bonds. The number of esters is 1. The number of benzene rings is 1. The Morgan fingerprint density at radius 1 is 1.10 bits per heavy atom. The van der Waals surface area contributed by atoms with Crippen molar-refractivity contribution >= 4 is 35.0 Å². The normalized spacial score (nSPS) is 10.5. The van der Waals surface area contributed by atoms with Crippen LogP contribution in [0.4, 0.5) is 0 Å². The molecule has 2 rings (SSSR count). The number of hydrogen-bond donors (Lipinski definition) is 1. The molecule has 1 N–H and O–H groups in total. The smallest absolute Gasteiger partial charge is 0.340 e. The summed E-state index contributed by atoms with van der Waals surface area (Å²) < 4.78 is 4.74. The van der Waals surface area contributed by atoms with Crippen LogP contribution in [0.1, 0.15) is 37.7 Å². The SMILES string of the molecule is COC(=O)c1c(C)[nH]c(C)c1C(=O)c1cc(Cl)ccc1Cl. The largest absolute Gasteiger partial charge is 0.465 e. The summed E-state index contributed by atoms with van der Waals surface area (Å²) in [5.74, 6) is -0.942. The lowest BCUT2D eigenvalue weighted by molar-refractivity contribution is 0.0597. The summed E-state index contributed by atoms with van der Waals surface area (Å²) in [4.78, 5) is 27.6. The molecule has 0 unspecified atom stereocenters. The van der Waals surface area contributed by atoms with Crippen molar-refractivity contribution in [1.82, 2.24) is 4.98 Å². The number of aromatic nitrogens is 1. The molecule has 0 bridgehead atoms. The van der Waals surface area contributed by atoms with E-state index in [0.717, 1.165) is 0 Å². The van der Waals surface area contributed by atoms with Crippen molar-refractivity contribution < 1.29 is 14.3 Å². The third-order valence-corrected chi connectivity index (χ3v) is 3.73. The van der Waals surface area contributed by atoms with E-state index in [1.165, 1.54) is 13.2 Å². The molecule has 1 aromatic heterocycles. The summed E-state index contributed by atoms with van der Waals surface area (Å²) in [5.41, 5.74) is 1.87. The highest BCUT2D eigenvalue weighted by molar-refractivity contribution is 6.37. The van der Waals surface area contributed by atoms with Crippen LogP contribution in [-0.4, -0.2) is 23.8 Å². The Morgan fingerprint density at radius 2 is 1.71 bits per heavy atom. The molecule has 0 radical (unpaired) electrons. The lowest BCUT2D eigenvalue weighted by Gasteiger charge is -2.07. The summed E-state index contributed by atoms with van der Waals surface area (Å²) in [7, 11) is 1.27. The molecule has 4 nitrogen and oxygen atoms in total. The Morgan fingerprint density at radius 3 is 2.33 bits per heavy atom. The van der Waals surface area contributed by atoms with Gasteiger partial charge in [0.1, 0.15) is 0 Å². The van der Waals surface area contributed by atoms with Gasteiger partial charge in [-0.3, -0.25) is 4.79 Å². The van der Waals surface area contributed by atoms with E-state index in [2.05, 4.69) is 4.98 Å². The molecule has 2 aromatic rings. The van der Waals surface area contributed by atoms with Gasteiger partial charge in [-0.1, -0.05) is 23.2 Å². The van der Waals surface area contributed by atoms with E-state index in [-0.39, 0.29) is 27.5 Å². The molecule has 0 saturated carbocycles. The monoisotopic (exact) mass is 325 g/mol. The number of methoxy groups -OCH3 is 1. The zero-order chi connectivity index (χ0) is 15.7. The fraction of sp³-hybridized carbons (Fsp3) is 0.200. The highest BCUT2D eigenvalue weighted by Gasteiger charge is 2.27. The zero-order valence-electron chi connectivity index (χ0n) is 11.7. The number of halogens is 2. The third kappa shape index (κ3) is 2.82. The van der Waals surface area contributed by atoms with Crippen LogP contribution in [0.5, 0.6) is 0 Å². The van der Waals surface area contributed by atoms with Crippen LogP contribution in [0.3, 0.4) is 0 Å². The van der Waals surface area contributed by atoms with E-state index in [0.29, 0.717) is 16.4 Å². The Balaban J connectivity index is 2.64. The van der Waals surface area contributed by atoms with E-state index in [9.17, 15) is 9.59 Å². The van der Waals surface area contributed by atoms with Crippen molar-refractivity contribution in [2.24, 2.45) is 0 Å². The average Bonchev–Trinajstić information content (AvgIpc) is 2.74. The van der Waals surface area contributed by atoms with Crippen LogP contribution in [-0.2, 0) is 4.74 Å². The van der Waals surface area contributed by atoms with Gasteiger partial charge in [0.05, 0.1) is 23.3 Å². The summed E-state index contributed by atoms with van der Waals surface area (Å²) in [5, 5.41) is 0.672. The molecule has 1 heterocycles. The topological polar surface area (TPSA) is 59.2 Å². The number of nitrogens with one attached hydrogen (secondary N) is 1. The number of rotatable bonds is 3. The van der Waals surface area contributed by atoms with E-state index < -0.39 is 5.97 Å². The molecule has 0 fully saturated rings. The summed E-state index contributed by atoms with van der Waals surface area (Å²) >= 11 is 12.0. The summed E-state index contributed by atoms with van der Waals surface area (Å²) in [6.07, 6.45) is 0. The predicted octanol–water partition coefficient (Wildman–Crippen LogP) is 3.96.